The third-order valence-electron chi connectivity index (χ3n) is 4.25. The number of epoxide rings is 1. The molecule has 0 spiro atoms. The minimum Gasteiger partial charge on any atom is -0.359 e. The van der Waals surface area contributed by atoms with Gasteiger partial charge in [-0.15, -0.1) is 0 Å². The minimum atomic E-state index is -0.141. The number of hydrogen-bond acceptors (Lipinski definition) is 2. The van der Waals surface area contributed by atoms with E-state index in [9.17, 15) is 4.79 Å². The van der Waals surface area contributed by atoms with Crippen LogP contribution in [0.3, 0.4) is 0 Å². The SMILES string of the molecule is CC(C)N(C(=O)C1OC1C1CCCCC1)C(C)C. The third kappa shape index (κ3) is 2.87. The number of amides is 1. The van der Waals surface area contributed by atoms with Crippen molar-refractivity contribution in [3.63, 3.8) is 0 Å². The van der Waals surface area contributed by atoms with Crippen molar-refractivity contribution in [2.75, 3.05) is 0 Å². The summed E-state index contributed by atoms with van der Waals surface area (Å²) >= 11 is 0. The second kappa shape index (κ2) is 5.60. The van der Waals surface area contributed by atoms with Crippen LogP contribution in [0.1, 0.15) is 59.8 Å². The van der Waals surface area contributed by atoms with Crippen molar-refractivity contribution in [2.45, 2.75) is 84.1 Å². The first-order valence-electron chi connectivity index (χ1n) is 7.50. The lowest BCUT2D eigenvalue weighted by molar-refractivity contribution is -0.136. The monoisotopic (exact) mass is 253 g/mol. The summed E-state index contributed by atoms with van der Waals surface area (Å²) in [4.78, 5) is 14.4. The molecule has 2 rings (SSSR count). The van der Waals surface area contributed by atoms with E-state index >= 15 is 0 Å². The Morgan fingerprint density at radius 3 is 2.11 bits per heavy atom. The molecule has 2 fully saturated rings. The third-order valence-corrected chi connectivity index (χ3v) is 4.25. The fourth-order valence-electron chi connectivity index (χ4n) is 3.40. The van der Waals surface area contributed by atoms with Crippen LogP contribution >= 0.6 is 0 Å². The maximum absolute atomic E-state index is 12.4. The summed E-state index contributed by atoms with van der Waals surface area (Å²) in [6.07, 6.45) is 6.55. The quantitative estimate of drug-likeness (QED) is 0.722. The molecule has 1 aliphatic carbocycles. The average Bonchev–Trinajstić information content (AvgIpc) is 3.09. The molecule has 2 unspecified atom stereocenters. The Morgan fingerprint density at radius 2 is 1.61 bits per heavy atom. The zero-order valence-electron chi connectivity index (χ0n) is 12.2. The van der Waals surface area contributed by atoms with Crippen LogP contribution < -0.4 is 0 Å². The van der Waals surface area contributed by atoms with Gasteiger partial charge in [-0.05, 0) is 46.5 Å². The maximum Gasteiger partial charge on any atom is 0.254 e. The van der Waals surface area contributed by atoms with Crippen LogP contribution in [0.4, 0.5) is 0 Å². The van der Waals surface area contributed by atoms with Crippen LogP contribution in [0, 0.1) is 5.92 Å². The Bertz CT molecular complexity index is 287. The normalized spacial score (nSPS) is 28.8. The van der Waals surface area contributed by atoms with Gasteiger partial charge in [0.2, 0.25) is 0 Å². The molecular weight excluding hydrogens is 226 g/mol. The molecule has 3 nitrogen and oxygen atoms in total. The van der Waals surface area contributed by atoms with E-state index in [-0.39, 0.29) is 30.2 Å². The minimum absolute atomic E-state index is 0.141. The average molecular weight is 253 g/mol. The molecule has 0 bridgehead atoms. The summed E-state index contributed by atoms with van der Waals surface area (Å²) in [5.41, 5.74) is 0. The van der Waals surface area contributed by atoms with Crippen LogP contribution in [0.25, 0.3) is 0 Å². The van der Waals surface area contributed by atoms with E-state index in [2.05, 4.69) is 27.7 Å². The maximum atomic E-state index is 12.4. The largest absolute Gasteiger partial charge is 0.359 e. The summed E-state index contributed by atoms with van der Waals surface area (Å²) in [5.74, 6) is 0.837. The first-order chi connectivity index (χ1) is 8.52. The molecule has 18 heavy (non-hydrogen) atoms. The fraction of sp³-hybridized carbons (Fsp3) is 0.933. The van der Waals surface area contributed by atoms with Gasteiger partial charge in [0, 0.05) is 12.1 Å². The van der Waals surface area contributed by atoms with Crippen molar-refractivity contribution in [1.82, 2.24) is 4.90 Å². The highest BCUT2D eigenvalue weighted by molar-refractivity contribution is 5.84. The van der Waals surface area contributed by atoms with Crippen LogP contribution in [0.2, 0.25) is 0 Å². The lowest BCUT2D eigenvalue weighted by Crippen LogP contribution is -2.45. The van der Waals surface area contributed by atoms with Gasteiger partial charge in [0.15, 0.2) is 6.10 Å². The van der Waals surface area contributed by atoms with Crippen molar-refractivity contribution in [3.05, 3.63) is 0 Å². The van der Waals surface area contributed by atoms with Gasteiger partial charge in [0.1, 0.15) is 0 Å². The zero-order valence-corrected chi connectivity index (χ0v) is 12.2. The van der Waals surface area contributed by atoms with Crippen molar-refractivity contribution >= 4 is 5.91 Å². The van der Waals surface area contributed by atoms with Crippen LogP contribution in [0.15, 0.2) is 0 Å². The Balaban J connectivity index is 1.91. The highest BCUT2D eigenvalue weighted by atomic mass is 16.6. The molecule has 0 aromatic heterocycles. The van der Waals surface area contributed by atoms with Crippen molar-refractivity contribution < 1.29 is 9.53 Å². The molecule has 1 saturated carbocycles. The number of hydrogen-bond donors (Lipinski definition) is 0. The molecule has 3 heteroatoms. The molecule has 0 aromatic carbocycles. The lowest BCUT2D eigenvalue weighted by atomic mass is 9.85. The Labute approximate surface area is 111 Å². The van der Waals surface area contributed by atoms with Gasteiger partial charge < -0.3 is 9.64 Å². The lowest BCUT2D eigenvalue weighted by Gasteiger charge is -2.30. The zero-order chi connectivity index (χ0) is 13.3. The van der Waals surface area contributed by atoms with Gasteiger partial charge >= 0.3 is 0 Å². The first kappa shape index (κ1) is 13.9. The van der Waals surface area contributed by atoms with Crippen LogP contribution in [0.5, 0.6) is 0 Å². The van der Waals surface area contributed by atoms with Crippen LogP contribution in [-0.2, 0) is 9.53 Å². The molecule has 2 aliphatic rings. The summed E-state index contributed by atoms with van der Waals surface area (Å²) in [6, 6.07) is 0.516. The number of nitrogens with zero attached hydrogens (tertiary/aromatic N) is 1. The summed E-state index contributed by atoms with van der Waals surface area (Å²) in [5, 5.41) is 0. The molecular formula is C15H27NO2. The van der Waals surface area contributed by atoms with Gasteiger partial charge in [-0.2, -0.15) is 0 Å². The standard InChI is InChI=1S/C15H27NO2/c1-10(2)16(11(3)4)15(17)14-13(18-14)12-8-6-5-7-9-12/h10-14H,5-9H2,1-4H3. The molecule has 1 saturated heterocycles. The van der Waals surface area contributed by atoms with E-state index in [1.165, 1.54) is 32.1 Å². The number of rotatable bonds is 4. The Morgan fingerprint density at radius 1 is 1.06 bits per heavy atom. The van der Waals surface area contributed by atoms with Gasteiger partial charge in [0.05, 0.1) is 6.10 Å². The predicted molar refractivity (Wildman–Crippen MR) is 72.4 cm³/mol. The van der Waals surface area contributed by atoms with Crippen molar-refractivity contribution in [3.8, 4) is 0 Å². The number of ether oxygens (including phenoxy) is 1. The first-order valence-corrected chi connectivity index (χ1v) is 7.50. The second-order valence-electron chi connectivity index (χ2n) is 6.35. The molecule has 0 aromatic rings. The predicted octanol–water partition coefficient (Wildman–Crippen LogP) is 2.98. The van der Waals surface area contributed by atoms with Crippen molar-refractivity contribution in [1.29, 1.82) is 0 Å². The van der Waals surface area contributed by atoms with E-state index < -0.39 is 0 Å². The Hall–Kier alpha value is -0.570. The molecule has 1 amide bonds. The van der Waals surface area contributed by atoms with Gasteiger partial charge in [-0.3, -0.25) is 4.79 Å². The highest BCUT2D eigenvalue weighted by Crippen LogP contribution is 2.39. The molecule has 0 N–H and O–H groups in total. The summed E-state index contributed by atoms with van der Waals surface area (Å²) < 4.78 is 5.71. The fourth-order valence-corrected chi connectivity index (χ4v) is 3.40. The summed E-state index contributed by atoms with van der Waals surface area (Å²) in [7, 11) is 0. The molecule has 104 valence electrons. The van der Waals surface area contributed by atoms with Gasteiger partial charge in [-0.25, -0.2) is 0 Å². The Kier molecular flexibility index (Phi) is 4.31. The smallest absolute Gasteiger partial charge is 0.254 e. The van der Waals surface area contributed by atoms with Crippen molar-refractivity contribution in [2.24, 2.45) is 5.92 Å². The number of carbonyl (C=O) groups excluding carboxylic acids is 1. The van der Waals surface area contributed by atoms with Crippen LogP contribution in [-0.4, -0.2) is 35.1 Å². The number of carbonyl (C=O) groups is 1. The summed E-state index contributed by atoms with van der Waals surface area (Å²) in [6.45, 7) is 8.32. The molecule has 1 aliphatic heterocycles. The van der Waals surface area contributed by atoms with E-state index in [1.807, 2.05) is 4.90 Å². The topological polar surface area (TPSA) is 32.8 Å². The molecule has 0 radical (unpaired) electrons. The van der Waals surface area contributed by atoms with E-state index in [1.54, 1.807) is 0 Å². The molecule has 2 atom stereocenters. The van der Waals surface area contributed by atoms with Gasteiger partial charge in [-0.1, -0.05) is 19.3 Å². The van der Waals surface area contributed by atoms with E-state index in [0.29, 0.717) is 5.92 Å². The van der Waals surface area contributed by atoms with E-state index in [4.69, 9.17) is 4.74 Å². The second-order valence-corrected chi connectivity index (χ2v) is 6.35. The van der Waals surface area contributed by atoms with Gasteiger partial charge in [0.25, 0.3) is 5.91 Å². The highest BCUT2D eigenvalue weighted by Gasteiger charge is 2.51. The van der Waals surface area contributed by atoms with E-state index in [0.717, 1.165) is 0 Å². The molecule has 1 heterocycles.